The Labute approximate surface area is 158 Å². The third-order valence-corrected chi connectivity index (χ3v) is 3.51. The van der Waals surface area contributed by atoms with Gasteiger partial charge >= 0.3 is 0 Å². The summed E-state index contributed by atoms with van der Waals surface area (Å²) in [4.78, 5) is 6.69. The lowest BCUT2D eigenvalue weighted by molar-refractivity contribution is 0.0257. The van der Waals surface area contributed by atoms with Crippen molar-refractivity contribution in [3.8, 4) is 0 Å². The maximum atomic E-state index is 5.78. The summed E-state index contributed by atoms with van der Waals surface area (Å²) in [6.45, 7) is 8.79. The van der Waals surface area contributed by atoms with Gasteiger partial charge in [-0.3, -0.25) is 0 Å². The van der Waals surface area contributed by atoms with E-state index in [-0.39, 0.29) is 24.0 Å². The van der Waals surface area contributed by atoms with Gasteiger partial charge in [-0.25, -0.2) is 4.99 Å². The quantitative estimate of drug-likeness (QED) is 0.385. The van der Waals surface area contributed by atoms with Crippen LogP contribution in [-0.2, 0) is 11.3 Å². The Morgan fingerprint density at radius 1 is 1.22 bits per heavy atom. The second-order valence-electron chi connectivity index (χ2n) is 5.97. The monoisotopic (exact) mass is 433 g/mol. The molecule has 0 aliphatic carbocycles. The molecular weight excluding hydrogens is 401 g/mol. The molecule has 1 unspecified atom stereocenters. The number of guanidine groups is 1. The van der Waals surface area contributed by atoms with Crippen molar-refractivity contribution in [2.45, 2.75) is 39.8 Å². The van der Waals surface area contributed by atoms with Gasteiger partial charge in [0.2, 0.25) is 0 Å². The minimum Gasteiger partial charge on any atom is -0.378 e. The van der Waals surface area contributed by atoms with E-state index >= 15 is 0 Å². The highest BCUT2D eigenvalue weighted by Crippen LogP contribution is 2.10. The van der Waals surface area contributed by atoms with Crippen molar-refractivity contribution in [3.05, 3.63) is 35.9 Å². The molecule has 1 aromatic carbocycles. The molecule has 0 bridgehead atoms. The maximum absolute atomic E-state index is 5.78. The van der Waals surface area contributed by atoms with Crippen molar-refractivity contribution in [2.75, 3.05) is 27.2 Å². The summed E-state index contributed by atoms with van der Waals surface area (Å²) in [5.41, 5.74) is 1.22. The molecule has 0 radical (unpaired) electrons. The molecule has 0 aliphatic rings. The molecule has 0 saturated heterocycles. The van der Waals surface area contributed by atoms with E-state index in [1.165, 1.54) is 5.56 Å². The second-order valence-corrected chi connectivity index (χ2v) is 5.97. The average molecular weight is 433 g/mol. The van der Waals surface area contributed by atoms with Crippen LogP contribution in [0.4, 0.5) is 0 Å². The molecule has 5 heteroatoms. The van der Waals surface area contributed by atoms with E-state index in [1.807, 2.05) is 37.2 Å². The molecule has 4 nitrogen and oxygen atoms in total. The van der Waals surface area contributed by atoms with Gasteiger partial charge in [0.25, 0.3) is 0 Å². The molecule has 1 N–H and O–H groups in total. The minimum absolute atomic E-state index is 0. The van der Waals surface area contributed by atoms with Crippen LogP contribution in [0, 0.1) is 5.92 Å². The van der Waals surface area contributed by atoms with Crippen molar-refractivity contribution in [1.29, 1.82) is 0 Å². The van der Waals surface area contributed by atoms with E-state index in [0.29, 0.717) is 18.6 Å². The highest BCUT2D eigenvalue weighted by atomic mass is 127. The van der Waals surface area contributed by atoms with Crippen LogP contribution in [0.25, 0.3) is 0 Å². The molecule has 1 rings (SSSR count). The molecule has 0 amide bonds. The van der Waals surface area contributed by atoms with Gasteiger partial charge in [-0.15, -0.1) is 24.0 Å². The Morgan fingerprint density at radius 3 is 2.39 bits per heavy atom. The number of nitrogens with one attached hydrogen (secondary N) is 1. The lowest BCUT2D eigenvalue weighted by Crippen LogP contribution is -2.38. The summed E-state index contributed by atoms with van der Waals surface area (Å²) in [5.74, 6) is 1.45. The molecule has 132 valence electrons. The van der Waals surface area contributed by atoms with Crippen LogP contribution >= 0.6 is 24.0 Å². The van der Waals surface area contributed by atoms with Gasteiger partial charge < -0.3 is 15.0 Å². The molecule has 1 aromatic rings. The fourth-order valence-corrected chi connectivity index (χ4v) is 2.25. The molecule has 23 heavy (non-hydrogen) atoms. The second kappa shape index (κ2) is 12.6. The molecule has 0 heterocycles. The Balaban J connectivity index is 0.00000484. The fraction of sp³-hybridized carbons (Fsp3) is 0.611. The van der Waals surface area contributed by atoms with E-state index in [0.717, 1.165) is 25.5 Å². The van der Waals surface area contributed by atoms with E-state index in [9.17, 15) is 0 Å². The van der Waals surface area contributed by atoms with Crippen LogP contribution in [0.5, 0.6) is 0 Å². The lowest BCUT2D eigenvalue weighted by atomic mass is 10.0. The summed E-state index contributed by atoms with van der Waals surface area (Å²) in [6.07, 6.45) is 1.29. The van der Waals surface area contributed by atoms with Crippen LogP contribution < -0.4 is 5.32 Å². The molecule has 0 saturated carbocycles. The molecule has 0 aliphatic heterocycles. The third-order valence-electron chi connectivity index (χ3n) is 3.51. The highest BCUT2D eigenvalue weighted by molar-refractivity contribution is 14.0. The normalized spacial score (nSPS) is 12.7. The lowest BCUT2D eigenvalue weighted by Gasteiger charge is -2.23. The summed E-state index contributed by atoms with van der Waals surface area (Å²) in [7, 11) is 4.03. The molecule has 0 fully saturated rings. The van der Waals surface area contributed by atoms with Gasteiger partial charge in [0.1, 0.15) is 0 Å². The van der Waals surface area contributed by atoms with Crippen molar-refractivity contribution in [2.24, 2.45) is 10.9 Å². The highest BCUT2D eigenvalue weighted by Gasteiger charge is 2.13. The van der Waals surface area contributed by atoms with Gasteiger partial charge in [0.05, 0.1) is 12.6 Å². The first kappa shape index (κ1) is 22.2. The average Bonchev–Trinajstić information content (AvgIpc) is 2.50. The number of aliphatic imine (C=N–C) groups is 1. The summed E-state index contributed by atoms with van der Waals surface area (Å²) < 4.78 is 5.78. The van der Waals surface area contributed by atoms with Crippen LogP contribution in [0.2, 0.25) is 0 Å². The molecular formula is C18H32IN3O. The topological polar surface area (TPSA) is 36.9 Å². The smallest absolute Gasteiger partial charge is 0.193 e. The van der Waals surface area contributed by atoms with Crippen molar-refractivity contribution >= 4 is 29.9 Å². The van der Waals surface area contributed by atoms with Crippen LogP contribution in [0.3, 0.4) is 0 Å². The van der Waals surface area contributed by atoms with Crippen molar-refractivity contribution < 1.29 is 4.74 Å². The van der Waals surface area contributed by atoms with Gasteiger partial charge in [-0.1, -0.05) is 44.2 Å². The van der Waals surface area contributed by atoms with Gasteiger partial charge in [-0.2, -0.15) is 0 Å². The van der Waals surface area contributed by atoms with Crippen LogP contribution in [-0.4, -0.2) is 44.2 Å². The van der Waals surface area contributed by atoms with E-state index in [2.05, 4.69) is 43.2 Å². The number of ether oxygens (including phenoxy) is 1. The van der Waals surface area contributed by atoms with Crippen LogP contribution in [0.1, 0.15) is 32.8 Å². The fourth-order valence-electron chi connectivity index (χ4n) is 2.25. The largest absolute Gasteiger partial charge is 0.378 e. The Bertz CT molecular complexity index is 435. The van der Waals surface area contributed by atoms with Gasteiger partial charge in [0, 0.05) is 27.2 Å². The SMILES string of the molecule is CCOC(CCNC(=NCc1ccccc1)N(C)C)C(C)C.I. The van der Waals surface area contributed by atoms with Crippen molar-refractivity contribution in [1.82, 2.24) is 10.2 Å². The number of halogens is 1. The summed E-state index contributed by atoms with van der Waals surface area (Å²) >= 11 is 0. The van der Waals surface area contributed by atoms with Crippen LogP contribution in [0.15, 0.2) is 35.3 Å². The van der Waals surface area contributed by atoms with E-state index in [4.69, 9.17) is 4.74 Å². The first-order valence-electron chi connectivity index (χ1n) is 8.15. The minimum atomic E-state index is 0. The van der Waals surface area contributed by atoms with E-state index in [1.54, 1.807) is 0 Å². The Hall–Kier alpha value is -0.820. The predicted molar refractivity (Wildman–Crippen MR) is 110 cm³/mol. The standard InChI is InChI=1S/C18H31N3O.HI/c1-6-22-17(15(2)3)12-13-19-18(21(4)5)20-14-16-10-8-7-9-11-16;/h7-11,15,17H,6,12-14H2,1-5H3,(H,19,20);1H. The Kier molecular flexibility index (Phi) is 12.1. The Morgan fingerprint density at radius 2 is 1.87 bits per heavy atom. The number of benzene rings is 1. The maximum Gasteiger partial charge on any atom is 0.193 e. The molecule has 1 atom stereocenters. The van der Waals surface area contributed by atoms with E-state index < -0.39 is 0 Å². The van der Waals surface area contributed by atoms with Gasteiger partial charge in [0.15, 0.2) is 5.96 Å². The van der Waals surface area contributed by atoms with Crippen molar-refractivity contribution in [3.63, 3.8) is 0 Å². The zero-order valence-electron chi connectivity index (χ0n) is 15.1. The number of rotatable bonds is 8. The number of nitrogens with zero attached hydrogens (tertiary/aromatic N) is 2. The first-order chi connectivity index (χ1) is 10.5. The van der Waals surface area contributed by atoms with Gasteiger partial charge in [-0.05, 0) is 24.8 Å². The predicted octanol–water partition coefficient (Wildman–Crippen LogP) is 3.76. The first-order valence-corrected chi connectivity index (χ1v) is 8.15. The zero-order chi connectivity index (χ0) is 16.4. The third kappa shape index (κ3) is 9.15. The molecule has 0 spiro atoms. The summed E-state index contributed by atoms with van der Waals surface area (Å²) in [5, 5.41) is 3.43. The molecule has 0 aromatic heterocycles. The number of hydrogen-bond donors (Lipinski definition) is 1. The zero-order valence-corrected chi connectivity index (χ0v) is 17.4. The number of hydrogen-bond acceptors (Lipinski definition) is 2. The summed E-state index contributed by atoms with van der Waals surface area (Å²) in [6, 6.07) is 10.3.